The highest BCUT2D eigenvalue weighted by Gasteiger charge is 2.28. The zero-order chi connectivity index (χ0) is 19.7. The van der Waals surface area contributed by atoms with E-state index >= 15 is 0 Å². The largest absolute Gasteiger partial charge is 0.444 e. The van der Waals surface area contributed by atoms with Crippen LogP contribution in [0.4, 0.5) is 5.82 Å². The van der Waals surface area contributed by atoms with Gasteiger partial charge in [-0.05, 0) is 55.1 Å². The zero-order valence-electron chi connectivity index (χ0n) is 15.9. The van der Waals surface area contributed by atoms with Crippen molar-refractivity contribution in [2.24, 2.45) is 0 Å². The second-order valence-electron chi connectivity index (χ2n) is 7.81. The number of likely N-dealkylation sites (N-methyl/N-ethyl adjacent to an activating group) is 1. The second kappa shape index (κ2) is 8.10. The highest BCUT2D eigenvalue weighted by atomic mass is 79.9. The standard InChI is InChI=1S/C20H24BrN5O2/c1-26(11-13-4-7-18(27)24-13)14-5-2-12(3-6-14)25-20-19(21)16-8-15(9-22)28-17(16)10-23-20/h8,10,12-14H,2-7,11H2,1H3,(H,23,25)(H,24,27). The summed E-state index contributed by atoms with van der Waals surface area (Å²) in [4.78, 5) is 18.3. The fourth-order valence-electron chi connectivity index (χ4n) is 4.30. The van der Waals surface area contributed by atoms with Gasteiger partial charge in [-0.1, -0.05) is 0 Å². The first kappa shape index (κ1) is 19.2. The van der Waals surface area contributed by atoms with E-state index in [4.69, 9.17) is 9.68 Å². The van der Waals surface area contributed by atoms with Crippen molar-refractivity contribution in [3.63, 3.8) is 0 Å². The molecule has 1 amide bonds. The number of amides is 1. The first-order chi connectivity index (χ1) is 13.5. The van der Waals surface area contributed by atoms with Crippen LogP contribution < -0.4 is 10.6 Å². The maximum Gasteiger partial charge on any atom is 0.220 e. The van der Waals surface area contributed by atoms with Crippen molar-refractivity contribution in [1.82, 2.24) is 15.2 Å². The maximum absolute atomic E-state index is 11.4. The smallest absolute Gasteiger partial charge is 0.220 e. The van der Waals surface area contributed by atoms with Crippen LogP contribution in [0.15, 0.2) is 21.2 Å². The number of anilines is 1. The summed E-state index contributed by atoms with van der Waals surface area (Å²) in [6.07, 6.45) is 7.67. The lowest BCUT2D eigenvalue weighted by atomic mass is 9.90. The van der Waals surface area contributed by atoms with Crippen LogP contribution in [0.25, 0.3) is 11.0 Å². The van der Waals surface area contributed by atoms with Gasteiger partial charge < -0.3 is 20.0 Å². The van der Waals surface area contributed by atoms with E-state index in [1.807, 2.05) is 6.07 Å². The van der Waals surface area contributed by atoms with Gasteiger partial charge in [-0.25, -0.2) is 4.98 Å². The zero-order valence-corrected chi connectivity index (χ0v) is 17.5. The Morgan fingerprint density at radius 1 is 1.39 bits per heavy atom. The number of carbonyl (C=O) groups excluding carboxylic acids is 1. The molecule has 1 unspecified atom stereocenters. The van der Waals surface area contributed by atoms with Crippen LogP contribution in [-0.2, 0) is 4.79 Å². The van der Waals surface area contributed by atoms with E-state index in [1.54, 1.807) is 12.3 Å². The second-order valence-corrected chi connectivity index (χ2v) is 8.61. The summed E-state index contributed by atoms with van der Waals surface area (Å²) in [6.45, 7) is 0.931. The quantitative estimate of drug-likeness (QED) is 0.732. The molecule has 1 aliphatic heterocycles. The van der Waals surface area contributed by atoms with E-state index in [2.05, 4.69) is 43.5 Å². The number of hydrogen-bond acceptors (Lipinski definition) is 6. The Kier molecular flexibility index (Phi) is 5.56. The Morgan fingerprint density at radius 2 is 2.18 bits per heavy atom. The highest BCUT2D eigenvalue weighted by Crippen LogP contribution is 2.33. The fourth-order valence-corrected chi connectivity index (χ4v) is 4.83. The number of carbonyl (C=O) groups is 1. The molecule has 2 aromatic rings. The minimum absolute atomic E-state index is 0.181. The third-order valence-electron chi connectivity index (χ3n) is 5.88. The summed E-state index contributed by atoms with van der Waals surface area (Å²) >= 11 is 3.60. The van der Waals surface area contributed by atoms with Crippen molar-refractivity contribution in [1.29, 1.82) is 5.26 Å². The summed E-state index contributed by atoms with van der Waals surface area (Å²) in [6, 6.07) is 4.99. The molecule has 2 aliphatic rings. The SMILES string of the molecule is CN(CC1CCC(=O)N1)C1CCC(Nc2ncc3oc(C#N)cc3c2Br)CC1. The van der Waals surface area contributed by atoms with Gasteiger partial charge in [-0.15, -0.1) is 0 Å². The first-order valence-electron chi connectivity index (χ1n) is 9.77. The van der Waals surface area contributed by atoms with Crippen LogP contribution in [0.2, 0.25) is 0 Å². The lowest BCUT2D eigenvalue weighted by molar-refractivity contribution is -0.119. The summed E-state index contributed by atoms with van der Waals surface area (Å²) in [5.41, 5.74) is 0.610. The molecular formula is C20H24BrN5O2. The Morgan fingerprint density at radius 3 is 2.86 bits per heavy atom. The number of nitriles is 1. The molecule has 2 fully saturated rings. The van der Waals surface area contributed by atoms with E-state index in [0.29, 0.717) is 30.1 Å². The summed E-state index contributed by atoms with van der Waals surface area (Å²) in [5, 5.41) is 16.5. The predicted octanol–water partition coefficient (Wildman–Crippen LogP) is 3.40. The monoisotopic (exact) mass is 445 g/mol. The first-order valence-corrected chi connectivity index (χ1v) is 10.6. The molecule has 28 heavy (non-hydrogen) atoms. The van der Waals surface area contributed by atoms with Crippen LogP contribution in [0, 0.1) is 11.3 Å². The minimum Gasteiger partial charge on any atom is -0.444 e. The highest BCUT2D eigenvalue weighted by molar-refractivity contribution is 9.10. The Bertz CT molecular complexity index is 913. The molecule has 0 aromatic carbocycles. The van der Waals surface area contributed by atoms with Gasteiger partial charge in [-0.2, -0.15) is 5.26 Å². The van der Waals surface area contributed by atoms with Gasteiger partial charge >= 0.3 is 0 Å². The number of aromatic nitrogens is 1. The maximum atomic E-state index is 11.4. The molecule has 1 atom stereocenters. The number of furan rings is 1. The number of rotatable bonds is 5. The Hall–Kier alpha value is -2.11. The van der Waals surface area contributed by atoms with Gasteiger partial charge in [0, 0.05) is 42.5 Å². The number of halogens is 1. The number of hydrogen-bond donors (Lipinski definition) is 2. The van der Waals surface area contributed by atoms with E-state index in [1.165, 1.54) is 0 Å². The number of pyridine rings is 1. The van der Waals surface area contributed by atoms with Gasteiger partial charge in [0.1, 0.15) is 11.9 Å². The summed E-state index contributed by atoms with van der Waals surface area (Å²) in [7, 11) is 2.17. The van der Waals surface area contributed by atoms with Gasteiger partial charge in [0.15, 0.2) is 5.58 Å². The van der Waals surface area contributed by atoms with E-state index in [9.17, 15) is 4.79 Å². The minimum atomic E-state index is 0.181. The van der Waals surface area contributed by atoms with E-state index in [0.717, 1.165) is 54.3 Å². The van der Waals surface area contributed by atoms with E-state index < -0.39 is 0 Å². The van der Waals surface area contributed by atoms with Crippen molar-refractivity contribution in [3.05, 3.63) is 22.5 Å². The summed E-state index contributed by atoms with van der Waals surface area (Å²) in [5.74, 6) is 1.26. The van der Waals surface area contributed by atoms with Crippen LogP contribution in [0.5, 0.6) is 0 Å². The van der Waals surface area contributed by atoms with Gasteiger partial charge in [0.25, 0.3) is 0 Å². The average Bonchev–Trinajstić information content (AvgIpc) is 3.30. The molecule has 148 valence electrons. The third kappa shape index (κ3) is 4.01. The molecule has 8 heteroatoms. The van der Waals surface area contributed by atoms with Gasteiger partial charge in [0.2, 0.25) is 11.7 Å². The molecular weight excluding hydrogens is 422 g/mol. The Labute approximate surface area is 172 Å². The molecule has 0 spiro atoms. The number of nitrogens with one attached hydrogen (secondary N) is 2. The van der Waals surface area contributed by atoms with Crippen LogP contribution >= 0.6 is 15.9 Å². The lowest BCUT2D eigenvalue weighted by Gasteiger charge is -2.36. The number of fused-ring (bicyclic) bond motifs is 1. The van der Waals surface area contributed by atoms with Crippen molar-refractivity contribution >= 4 is 38.6 Å². The third-order valence-corrected chi connectivity index (χ3v) is 6.68. The van der Waals surface area contributed by atoms with Gasteiger partial charge in [0.05, 0.1) is 10.7 Å². The predicted molar refractivity (Wildman–Crippen MR) is 110 cm³/mol. The van der Waals surface area contributed by atoms with E-state index in [-0.39, 0.29) is 11.7 Å². The average molecular weight is 446 g/mol. The number of nitrogens with zero attached hydrogens (tertiary/aromatic N) is 3. The molecule has 1 saturated heterocycles. The topological polar surface area (TPSA) is 94.2 Å². The molecule has 4 rings (SSSR count). The van der Waals surface area contributed by atoms with Crippen molar-refractivity contribution in [3.8, 4) is 6.07 Å². The molecule has 1 saturated carbocycles. The van der Waals surface area contributed by atoms with Crippen molar-refractivity contribution < 1.29 is 9.21 Å². The molecule has 3 heterocycles. The molecule has 0 bridgehead atoms. The van der Waals surface area contributed by atoms with Crippen molar-refractivity contribution in [2.75, 3.05) is 18.9 Å². The van der Waals surface area contributed by atoms with Crippen LogP contribution in [-0.4, -0.2) is 47.5 Å². The lowest BCUT2D eigenvalue weighted by Crippen LogP contribution is -2.44. The molecule has 2 aromatic heterocycles. The summed E-state index contributed by atoms with van der Waals surface area (Å²) < 4.78 is 6.27. The van der Waals surface area contributed by atoms with Crippen LogP contribution in [0.1, 0.15) is 44.3 Å². The molecule has 2 N–H and O–H groups in total. The molecule has 0 radical (unpaired) electrons. The molecule has 1 aliphatic carbocycles. The fraction of sp³-hybridized carbons (Fsp3) is 0.550. The van der Waals surface area contributed by atoms with Crippen LogP contribution in [0.3, 0.4) is 0 Å². The molecule has 7 nitrogen and oxygen atoms in total. The van der Waals surface area contributed by atoms with Gasteiger partial charge in [-0.3, -0.25) is 4.79 Å². The van der Waals surface area contributed by atoms with Crippen molar-refractivity contribution in [2.45, 2.75) is 56.7 Å². The normalized spacial score (nSPS) is 25.1. The Balaban J connectivity index is 1.33.